The number of sulfonamides is 1. The number of aryl methyl sites for hydroxylation is 1. The first-order chi connectivity index (χ1) is 13.3. The lowest BCUT2D eigenvalue weighted by molar-refractivity contribution is 0.102. The van der Waals surface area contributed by atoms with Crippen LogP contribution in [0.4, 0.5) is 5.69 Å². The number of carbonyl (C=O) groups is 1. The number of anilines is 1. The fraction of sp³-hybridized carbons (Fsp3) is 0.350. The van der Waals surface area contributed by atoms with Gasteiger partial charge >= 0.3 is 0 Å². The molecule has 28 heavy (non-hydrogen) atoms. The van der Waals surface area contributed by atoms with E-state index in [2.05, 4.69) is 10.0 Å². The number of benzene rings is 2. The van der Waals surface area contributed by atoms with Gasteiger partial charge < -0.3 is 10.1 Å². The van der Waals surface area contributed by atoms with E-state index in [1.807, 2.05) is 6.92 Å². The van der Waals surface area contributed by atoms with E-state index in [1.54, 1.807) is 18.2 Å². The second-order valence-electron chi connectivity index (χ2n) is 6.88. The molecule has 2 aromatic rings. The molecule has 0 aliphatic heterocycles. The van der Waals surface area contributed by atoms with Gasteiger partial charge in [0.25, 0.3) is 5.91 Å². The largest absolute Gasteiger partial charge is 0.495 e. The smallest absolute Gasteiger partial charge is 0.255 e. The predicted octanol–water partition coefficient (Wildman–Crippen LogP) is 4.13. The minimum absolute atomic E-state index is 0.0395. The van der Waals surface area contributed by atoms with Gasteiger partial charge in [0.05, 0.1) is 7.11 Å². The summed E-state index contributed by atoms with van der Waals surface area (Å²) in [6.07, 6.45) is 3.65. The van der Waals surface area contributed by atoms with Gasteiger partial charge in [-0.3, -0.25) is 4.79 Å². The summed E-state index contributed by atoms with van der Waals surface area (Å²) in [5.74, 6) is -0.213. The van der Waals surface area contributed by atoms with Gasteiger partial charge in [0.2, 0.25) is 10.0 Å². The van der Waals surface area contributed by atoms with Crippen molar-refractivity contribution < 1.29 is 17.9 Å². The van der Waals surface area contributed by atoms with Crippen LogP contribution < -0.4 is 14.8 Å². The quantitative estimate of drug-likeness (QED) is 0.733. The summed E-state index contributed by atoms with van der Waals surface area (Å²) in [6, 6.07) is 9.42. The molecule has 1 aliphatic rings. The van der Waals surface area contributed by atoms with E-state index in [-0.39, 0.29) is 22.3 Å². The Bertz CT molecular complexity index is 986. The maximum absolute atomic E-state index is 12.9. The van der Waals surface area contributed by atoms with Crippen LogP contribution in [0.1, 0.15) is 41.6 Å². The van der Waals surface area contributed by atoms with Crippen LogP contribution in [0.3, 0.4) is 0 Å². The topological polar surface area (TPSA) is 84.5 Å². The lowest BCUT2D eigenvalue weighted by Gasteiger charge is -2.16. The highest BCUT2D eigenvalue weighted by atomic mass is 35.5. The molecule has 0 saturated heterocycles. The molecule has 0 radical (unpaired) electrons. The van der Waals surface area contributed by atoms with Crippen molar-refractivity contribution in [1.29, 1.82) is 0 Å². The zero-order valence-electron chi connectivity index (χ0n) is 15.8. The molecule has 6 nitrogen and oxygen atoms in total. The van der Waals surface area contributed by atoms with Crippen LogP contribution in [-0.4, -0.2) is 27.5 Å². The lowest BCUT2D eigenvalue weighted by atomic mass is 10.1. The molecule has 0 bridgehead atoms. The first kappa shape index (κ1) is 20.6. The number of nitrogens with one attached hydrogen (secondary N) is 2. The molecular weight excluding hydrogens is 400 g/mol. The summed E-state index contributed by atoms with van der Waals surface area (Å²) < 4.78 is 33.6. The Balaban J connectivity index is 1.88. The van der Waals surface area contributed by atoms with Crippen LogP contribution in [-0.2, 0) is 10.0 Å². The standard InChI is InChI=1S/C20H23ClN2O4S/c1-13-11-15(21)8-9-17(13)22-20(24)14-7-10-18(27-2)19(12-14)28(25,26)23-16-5-3-4-6-16/h7-12,16,23H,3-6H2,1-2H3,(H,22,24). The van der Waals surface area contributed by atoms with E-state index >= 15 is 0 Å². The lowest BCUT2D eigenvalue weighted by Crippen LogP contribution is -2.33. The van der Waals surface area contributed by atoms with Crippen LogP contribution in [0.5, 0.6) is 5.75 Å². The average Bonchev–Trinajstić information content (AvgIpc) is 3.15. The molecule has 2 aromatic carbocycles. The number of rotatable bonds is 6. The molecule has 150 valence electrons. The predicted molar refractivity (Wildman–Crippen MR) is 110 cm³/mol. The number of hydrogen-bond acceptors (Lipinski definition) is 4. The Kier molecular flexibility index (Phi) is 6.27. The van der Waals surface area contributed by atoms with E-state index < -0.39 is 15.9 Å². The summed E-state index contributed by atoms with van der Waals surface area (Å²) >= 11 is 5.94. The van der Waals surface area contributed by atoms with Gasteiger partial charge in [0.1, 0.15) is 10.6 Å². The zero-order chi connectivity index (χ0) is 20.3. The third-order valence-corrected chi connectivity index (χ3v) is 6.61. The number of amides is 1. The first-order valence-corrected chi connectivity index (χ1v) is 10.9. The minimum Gasteiger partial charge on any atom is -0.495 e. The fourth-order valence-corrected chi connectivity index (χ4v) is 5.04. The summed E-state index contributed by atoms with van der Waals surface area (Å²) in [5, 5.41) is 3.36. The van der Waals surface area contributed by atoms with Gasteiger partial charge in [-0.1, -0.05) is 24.4 Å². The third kappa shape index (κ3) is 4.66. The van der Waals surface area contributed by atoms with E-state index in [0.29, 0.717) is 10.7 Å². The second-order valence-corrected chi connectivity index (χ2v) is 9.00. The Morgan fingerprint density at radius 2 is 1.86 bits per heavy atom. The van der Waals surface area contributed by atoms with Crippen LogP contribution in [0.25, 0.3) is 0 Å². The first-order valence-electron chi connectivity index (χ1n) is 9.08. The third-order valence-electron chi connectivity index (χ3n) is 4.83. The van der Waals surface area contributed by atoms with Crippen molar-refractivity contribution in [1.82, 2.24) is 4.72 Å². The van der Waals surface area contributed by atoms with E-state index in [9.17, 15) is 13.2 Å². The maximum atomic E-state index is 12.9. The molecule has 8 heteroatoms. The highest BCUT2D eigenvalue weighted by Gasteiger charge is 2.26. The zero-order valence-corrected chi connectivity index (χ0v) is 17.4. The SMILES string of the molecule is COc1ccc(C(=O)Nc2ccc(Cl)cc2C)cc1S(=O)(=O)NC1CCCC1. The van der Waals surface area contributed by atoms with Crippen molar-refractivity contribution in [2.24, 2.45) is 0 Å². The molecule has 0 unspecified atom stereocenters. The summed E-state index contributed by atoms with van der Waals surface area (Å²) in [4.78, 5) is 12.6. The van der Waals surface area contributed by atoms with Gasteiger partial charge in [-0.2, -0.15) is 0 Å². The van der Waals surface area contributed by atoms with Crippen molar-refractivity contribution in [2.75, 3.05) is 12.4 Å². The van der Waals surface area contributed by atoms with Gasteiger partial charge in [0.15, 0.2) is 0 Å². The number of hydrogen-bond donors (Lipinski definition) is 2. The van der Waals surface area contributed by atoms with Crippen LogP contribution >= 0.6 is 11.6 Å². The molecule has 1 amide bonds. The number of ether oxygens (including phenoxy) is 1. The summed E-state index contributed by atoms with van der Waals surface area (Å²) in [5.41, 5.74) is 1.64. The average molecular weight is 423 g/mol. The van der Waals surface area contributed by atoms with Gasteiger partial charge in [-0.15, -0.1) is 0 Å². The molecule has 1 saturated carbocycles. The van der Waals surface area contributed by atoms with Gasteiger partial charge in [-0.05, 0) is 61.7 Å². The Morgan fingerprint density at radius 3 is 2.50 bits per heavy atom. The summed E-state index contributed by atoms with van der Waals surface area (Å²) in [7, 11) is -2.40. The molecule has 0 spiro atoms. The molecular formula is C20H23ClN2O4S. The monoisotopic (exact) mass is 422 g/mol. The van der Waals surface area contributed by atoms with E-state index in [0.717, 1.165) is 31.2 Å². The minimum atomic E-state index is -3.80. The van der Waals surface area contributed by atoms with Gasteiger partial charge in [0, 0.05) is 22.3 Å². The van der Waals surface area contributed by atoms with Crippen LogP contribution in [0, 0.1) is 6.92 Å². The van der Waals surface area contributed by atoms with E-state index in [1.165, 1.54) is 25.3 Å². The number of methoxy groups -OCH3 is 1. The number of halogens is 1. The molecule has 1 aliphatic carbocycles. The highest BCUT2D eigenvalue weighted by Crippen LogP contribution is 2.28. The van der Waals surface area contributed by atoms with Crippen LogP contribution in [0.2, 0.25) is 5.02 Å². The second kappa shape index (κ2) is 8.51. The summed E-state index contributed by atoms with van der Waals surface area (Å²) in [6.45, 7) is 1.83. The molecule has 0 aromatic heterocycles. The normalized spacial score (nSPS) is 14.8. The molecule has 0 heterocycles. The molecule has 1 fully saturated rings. The Labute approximate surface area is 170 Å². The Morgan fingerprint density at radius 1 is 1.14 bits per heavy atom. The van der Waals surface area contributed by atoms with Crippen molar-refractivity contribution in [2.45, 2.75) is 43.5 Å². The Hall–Kier alpha value is -2.09. The number of carbonyl (C=O) groups excluding carboxylic acids is 1. The van der Waals surface area contributed by atoms with Gasteiger partial charge in [-0.25, -0.2) is 13.1 Å². The molecule has 3 rings (SSSR count). The fourth-order valence-electron chi connectivity index (χ4n) is 3.32. The van der Waals surface area contributed by atoms with Crippen molar-refractivity contribution in [3.05, 3.63) is 52.5 Å². The molecule has 2 N–H and O–H groups in total. The molecule has 0 atom stereocenters. The van der Waals surface area contributed by atoms with Crippen molar-refractivity contribution >= 4 is 33.2 Å². The maximum Gasteiger partial charge on any atom is 0.255 e. The highest BCUT2D eigenvalue weighted by molar-refractivity contribution is 7.89. The van der Waals surface area contributed by atoms with Crippen LogP contribution in [0.15, 0.2) is 41.3 Å². The van der Waals surface area contributed by atoms with Crippen molar-refractivity contribution in [3.8, 4) is 5.75 Å². The van der Waals surface area contributed by atoms with Crippen molar-refractivity contribution in [3.63, 3.8) is 0 Å². The van der Waals surface area contributed by atoms with E-state index in [4.69, 9.17) is 16.3 Å².